The van der Waals surface area contributed by atoms with Crippen LogP contribution in [0.1, 0.15) is 27.6 Å². The summed E-state index contributed by atoms with van der Waals surface area (Å²) in [4.78, 5) is 24.6. The summed E-state index contributed by atoms with van der Waals surface area (Å²) >= 11 is 6.01. The molecule has 1 amide bonds. The second kappa shape index (κ2) is 8.41. The van der Waals surface area contributed by atoms with Crippen LogP contribution in [0.25, 0.3) is 0 Å². The zero-order chi connectivity index (χ0) is 20.2. The van der Waals surface area contributed by atoms with Gasteiger partial charge in [0.2, 0.25) is 10.0 Å². The van der Waals surface area contributed by atoms with Crippen molar-refractivity contribution in [1.29, 1.82) is 0 Å². The Balaban J connectivity index is 2.34. The first-order valence-electron chi connectivity index (χ1n) is 7.96. The van der Waals surface area contributed by atoms with Gasteiger partial charge >= 0.3 is 5.97 Å². The van der Waals surface area contributed by atoms with E-state index in [1.165, 1.54) is 37.4 Å². The maximum atomic E-state index is 12.7. The van der Waals surface area contributed by atoms with Crippen molar-refractivity contribution >= 4 is 44.9 Å². The van der Waals surface area contributed by atoms with Crippen LogP contribution in [0.4, 0.5) is 11.4 Å². The van der Waals surface area contributed by atoms with E-state index in [1.54, 1.807) is 19.1 Å². The minimum Gasteiger partial charge on any atom is -0.462 e. The van der Waals surface area contributed by atoms with Crippen LogP contribution in [0.15, 0.2) is 42.5 Å². The smallest absolute Gasteiger partial charge is 0.339 e. The predicted octanol–water partition coefficient (Wildman–Crippen LogP) is 3.16. The molecule has 0 fully saturated rings. The van der Waals surface area contributed by atoms with Crippen LogP contribution in [0.3, 0.4) is 0 Å². The number of carbonyl (C=O) groups excluding carboxylic acids is 2. The number of ether oxygens (including phenoxy) is 1. The molecule has 0 spiro atoms. The molecule has 2 aromatic rings. The summed E-state index contributed by atoms with van der Waals surface area (Å²) in [6.07, 6.45) is 1.05. The molecule has 7 nitrogen and oxygen atoms in total. The van der Waals surface area contributed by atoms with Gasteiger partial charge in [0.1, 0.15) is 0 Å². The summed E-state index contributed by atoms with van der Waals surface area (Å²) in [6.45, 7) is 1.86. The van der Waals surface area contributed by atoms with E-state index >= 15 is 0 Å². The highest BCUT2D eigenvalue weighted by molar-refractivity contribution is 7.92. The van der Waals surface area contributed by atoms with Gasteiger partial charge in [0, 0.05) is 12.7 Å². The van der Waals surface area contributed by atoms with Gasteiger partial charge in [-0.1, -0.05) is 23.7 Å². The molecular formula is C18H19ClN2O5S. The normalized spacial score (nSPS) is 11.0. The Morgan fingerprint density at radius 2 is 1.81 bits per heavy atom. The summed E-state index contributed by atoms with van der Waals surface area (Å²) in [5.41, 5.74) is 0.845. The molecule has 0 saturated heterocycles. The minimum absolute atomic E-state index is 0.123. The first kappa shape index (κ1) is 20.7. The number of para-hydroxylation sites is 1. The van der Waals surface area contributed by atoms with Crippen LogP contribution in [-0.2, 0) is 14.8 Å². The topological polar surface area (TPSA) is 92.8 Å². The number of carbonyl (C=O) groups is 2. The summed E-state index contributed by atoms with van der Waals surface area (Å²) in [7, 11) is -2.18. The molecule has 1 N–H and O–H groups in total. The van der Waals surface area contributed by atoms with Gasteiger partial charge in [0.05, 0.1) is 34.7 Å². The number of halogens is 1. The molecule has 0 aliphatic carbocycles. The largest absolute Gasteiger partial charge is 0.462 e. The van der Waals surface area contributed by atoms with Crippen molar-refractivity contribution in [2.75, 3.05) is 29.5 Å². The zero-order valence-electron chi connectivity index (χ0n) is 15.0. The van der Waals surface area contributed by atoms with Gasteiger partial charge in [-0.15, -0.1) is 0 Å². The van der Waals surface area contributed by atoms with Crippen LogP contribution in [0.2, 0.25) is 5.02 Å². The Kier molecular flexibility index (Phi) is 6.45. The molecule has 0 unspecified atom stereocenters. The maximum absolute atomic E-state index is 12.7. The number of anilines is 2. The van der Waals surface area contributed by atoms with Crippen LogP contribution in [0.5, 0.6) is 0 Å². The average Bonchev–Trinajstić information content (AvgIpc) is 2.62. The number of nitrogens with one attached hydrogen (secondary N) is 1. The fourth-order valence-electron chi connectivity index (χ4n) is 2.29. The first-order chi connectivity index (χ1) is 12.6. The molecule has 144 valence electrons. The van der Waals surface area contributed by atoms with Crippen molar-refractivity contribution in [3.8, 4) is 0 Å². The van der Waals surface area contributed by atoms with Crippen molar-refractivity contribution in [3.05, 3.63) is 58.6 Å². The van der Waals surface area contributed by atoms with E-state index in [4.69, 9.17) is 16.3 Å². The van der Waals surface area contributed by atoms with Crippen LogP contribution < -0.4 is 9.62 Å². The molecule has 0 aliphatic rings. The third kappa shape index (κ3) is 4.99. The summed E-state index contributed by atoms with van der Waals surface area (Å²) in [6, 6.07) is 10.7. The standard InChI is InChI=1S/C18H19ClN2O5S/c1-4-26-18(23)14-11-12(9-10-15(14)19)20-17(22)13-7-5-6-8-16(13)21(2)27(3,24)25/h5-11H,4H2,1-3H3,(H,20,22). The number of hydrogen-bond acceptors (Lipinski definition) is 5. The van der Waals surface area contributed by atoms with E-state index in [1.807, 2.05) is 0 Å². The molecule has 9 heteroatoms. The van der Waals surface area contributed by atoms with Gasteiger partial charge in [-0.25, -0.2) is 13.2 Å². The zero-order valence-corrected chi connectivity index (χ0v) is 16.6. The fourth-order valence-corrected chi connectivity index (χ4v) is 3.00. The minimum atomic E-state index is -3.54. The molecule has 0 saturated carbocycles. The second-order valence-electron chi connectivity index (χ2n) is 5.62. The third-order valence-electron chi connectivity index (χ3n) is 3.70. The van der Waals surface area contributed by atoms with Gasteiger partial charge in [-0.2, -0.15) is 0 Å². The Hall–Kier alpha value is -2.58. The number of hydrogen-bond donors (Lipinski definition) is 1. The van der Waals surface area contributed by atoms with E-state index in [-0.39, 0.29) is 28.4 Å². The number of benzene rings is 2. The third-order valence-corrected chi connectivity index (χ3v) is 5.23. The average molecular weight is 411 g/mol. The van der Waals surface area contributed by atoms with E-state index in [2.05, 4.69) is 5.32 Å². The Labute approximate surface area is 162 Å². The number of amides is 1. The highest BCUT2D eigenvalue weighted by Crippen LogP contribution is 2.25. The highest BCUT2D eigenvalue weighted by Gasteiger charge is 2.20. The number of esters is 1. The molecule has 2 aromatic carbocycles. The second-order valence-corrected chi connectivity index (χ2v) is 8.04. The van der Waals surface area contributed by atoms with Gasteiger partial charge < -0.3 is 10.1 Å². The van der Waals surface area contributed by atoms with Crippen molar-refractivity contribution in [2.24, 2.45) is 0 Å². The molecule has 0 aromatic heterocycles. The molecule has 0 heterocycles. The lowest BCUT2D eigenvalue weighted by Crippen LogP contribution is -2.27. The summed E-state index contributed by atoms with van der Waals surface area (Å²) < 4.78 is 29.6. The highest BCUT2D eigenvalue weighted by atomic mass is 35.5. The van der Waals surface area contributed by atoms with Crippen LogP contribution in [-0.4, -0.2) is 40.2 Å². The summed E-state index contributed by atoms with van der Waals surface area (Å²) in [5, 5.41) is 2.84. The van der Waals surface area contributed by atoms with Gasteiger partial charge in [-0.3, -0.25) is 9.10 Å². The van der Waals surface area contributed by atoms with Crippen molar-refractivity contribution < 1.29 is 22.7 Å². The van der Waals surface area contributed by atoms with E-state index in [0.717, 1.165) is 10.6 Å². The molecule has 0 bridgehead atoms. The van der Waals surface area contributed by atoms with Gasteiger partial charge in [0.25, 0.3) is 5.91 Å². The number of sulfonamides is 1. The maximum Gasteiger partial charge on any atom is 0.339 e. The van der Waals surface area contributed by atoms with Crippen LogP contribution >= 0.6 is 11.6 Å². The van der Waals surface area contributed by atoms with Crippen molar-refractivity contribution in [2.45, 2.75) is 6.92 Å². The molecule has 0 atom stereocenters. The van der Waals surface area contributed by atoms with Crippen molar-refractivity contribution in [1.82, 2.24) is 0 Å². The molecule has 0 radical (unpaired) electrons. The lowest BCUT2D eigenvalue weighted by molar-refractivity contribution is 0.0526. The van der Waals surface area contributed by atoms with Crippen LogP contribution in [0, 0.1) is 0 Å². The van der Waals surface area contributed by atoms with Gasteiger partial charge in [0.15, 0.2) is 0 Å². The predicted molar refractivity (Wildman–Crippen MR) is 105 cm³/mol. The quantitative estimate of drug-likeness (QED) is 0.738. The Morgan fingerprint density at radius 3 is 2.44 bits per heavy atom. The van der Waals surface area contributed by atoms with Crippen molar-refractivity contribution in [3.63, 3.8) is 0 Å². The van der Waals surface area contributed by atoms with E-state index in [0.29, 0.717) is 5.69 Å². The Morgan fingerprint density at radius 1 is 1.15 bits per heavy atom. The Bertz CT molecular complexity index is 975. The first-order valence-corrected chi connectivity index (χ1v) is 10.2. The number of nitrogens with zero attached hydrogens (tertiary/aromatic N) is 1. The van der Waals surface area contributed by atoms with Gasteiger partial charge in [-0.05, 0) is 37.3 Å². The lowest BCUT2D eigenvalue weighted by atomic mass is 10.1. The molecule has 27 heavy (non-hydrogen) atoms. The summed E-state index contributed by atoms with van der Waals surface area (Å²) in [5.74, 6) is -1.13. The van der Waals surface area contributed by atoms with E-state index < -0.39 is 21.9 Å². The lowest BCUT2D eigenvalue weighted by Gasteiger charge is -2.20. The van der Waals surface area contributed by atoms with E-state index in [9.17, 15) is 18.0 Å². The monoisotopic (exact) mass is 410 g/mol. The molecule has 0 aliphatic heterocycles. The fraction of sp³-hybridized carbons (Fsp3) is 0.222. The molecular weight excluding hydrogens is 392 g/mol. The number of rotatable bonds is 6. The molecule has 2 rings (SSSR count). The SMILES string of the molecule is CCOC(=O)c1cc(NC(=O)c2ccccc2N(C)S(C)(=O)=O)ccc1Cl.